The molecule has 4 rings (SSSR count). The van der Waals surface area contributed by atoms with E-state index < -0.39 is 0 Å². The van der Waals surface area contributed by atoms with Gasteiger partial charge in [0.2, 0.25) is 0 Å². The van der Waals surface area contributed by atoms with E-state index in [2.05, 4.69) is 50.7 Å². The Morgan fingerprint density at radius 3 is 2.08 bits per heavy atom. The van der Waals surface area contributed by atoms with Crippen LogP contribution < -0.4 is 4.90 Å². The van der Waals surface area contributed by atoms with Crippen LogP contribution in [0.25, 0.3) is 11.4 Å². The second-order valence-electron chi connectivity index (χ2n) is 6.46. The number of benzene rings is 2. The fraction of sp³-hybridized carbons (Fsp3) is 0.286. The zero-order valence-corrected chi connectivity index (χ0v) is 15.3. The van der Waals surface area contributed by atoms with Crippen LogP contribution in [0.4, 0.5) is 10.1 Å². The number of rotatable bonds is 2. The minimum Gasteiger partial charge on any atom is -0.368 e. The summed E-state index contributed by atoms with van der Waals surface area (Å²) in [7, 11) is 4.23. The molecule has 0 saturated carbocycles. The van der Waals surface area contributed by atoms with Crippen LogP contribution in [0.1, 0.15) is 0 Å². The summed E-state index contributed by atoms with van der Waals surface area (Å²) in [6.45, 7) is 4.40. The van der Waals surface area contributed by atoms with E-state index in [1.165, 1.54) is 23.4 Å². The average molecular weight is 352 g/mol. The molecule has 0 unspecified atom stereocenters. The summed E-state index contributed by atoms with van der Waals surface area (Å²) >= 11 is 0. The maximum atomic E-state index is 11.9. The van der Waals surface area contributed by atoms with Gasteiger partial charge in [-0.05, 0) is 31.3 Å². The molecule has 4 nitrogen and oxygen atoms in total. The molecule has 1 aromatic heterocycles. The molecule has 0 amide bonds. The van der Waals surface area contributed by atoms with Crippen LogP contribution in [0.15, 0.2) is 67.0 Å². The van der Waals surface area contributed by atoms with Crippen molar-refractivity contribution in [3.63, 3.8) is 0 Å². The van der Waals surface area contributed by atoms with E-state index in [0.29, 0.717) is 0 Å². The molecule has 1 saturated heterocycles. The number of likely N-dealkylation sites (N-methyl/N-ethyl adjacent to an activating group) is 1. The van der Waals surface area contributed by atoms with Crippen molar-refractivity contribution in [3.8, 4) is 11.4 Å². The van der Waals surface area contributed by atoms with Crippen molar-refractivity contribution in [1.82, 2.24) is 14.5 Å². The lowest BCUT2D eigenvalue weighted by molar-refractivity contribution is 0.313. The summed E-state index contributed by atoms with van der Waals surface area (Å²) in [5, 5.41) is 0. The van der Waals surface area contributed by atoms with E-state index in [4.69, 9.17) is 0 Å². The molecule has 136 valence electrons. The number of piperazine rings is 1. The van der Waals surface area contributed by atoms with Crippen molar-refractivity contribution in [3.05, 3.63) is 72.8 Å². The lowest BCUT2D eigenvalue weighted by Crippen LogP contribution is -2.44. The van der Waals surface area contributed by atoms with Crippen molar-refractivity contribution in [2.75, 3.05) is 38.1 Å². The van der Waals surface area contributed by atoms with Crippen LogP contribution in [-0.2, 0) is 7.05 Å². The second kappa shape index (κ2) is 8.63. The molecule has 0 atom stereocenters. The van der Waals surface area contributed by atoms with E-state index in [1.54, 1.807) is 18.2 Å². The number of anilines is 1. The highest BCUT2D eigenvalue weighted by atomic mass is 19.1. The number of para-hydroxylation sites is 1. The summed E-state index contributed by atoms with van der Waals surface area (Å²) in [6, 6.07) is 16.5. The standard InChI is InChI=1S/C15H20N4.C6H5F/c1-17-9-11-19(12-10-17)14-6-4-3-5-13(14)15-16-7-8-18(15)2;7-6-4-2-1-3-5-6/h3-8H,9-12H2,1-2H3;1-5H. The minimum absolute atomic E-state index is 0.178. The van der Waals surface area contributed by atoms with E-state index in [9.17, 15) is 4.39 Å². The SMILES string of the molecule is CN1CCN(c2ccccc2-c2nccn2C)CC1.Fc1ccccc1. The largest absolute Gasteiger partial charge is 0.368 e. The lowest BCUT2D eigenvalue weighted by atomic mass is 10.1. The molecule has 3 aromatic rings. The summed E-state index contributed by atoms with van der Waals surface area (Å²) in [6.07, 6.45) is 3.85. The van der Waals surface area contributed by atoms with Crippen LogP contribution in [-0.4, -0.2) is 47.7 Å². The Bertz CT molecular complexity index is 808. The molecule has 5 heteroatoms. The zero-order chi connectivity index (χ0) is 18.4. The molecule has 1 aliphatic rings. The van der Waals surface area contributed by atoms with E-state index in [-0.39, 0.29) is 5.82 Å². The zero-order valence-electron chi connectivity index (χ0n) is 15.3. The maximum absolute atomic E-state index is 11.9. The molecule has 0 N–H and O–H groups in total. The normalized spacial score (nSPS) is 14.7. The Morgan fingerprint density at radius 1 is 0.846 bits per heavy atom. The van der Waals surface area contributed by atoms with Gasteiger partial charge in [0.25, 0.3) is 0 Å². The summed E-state index contributed by atoms with van der Waals surface area (Å²) in [4.78, 5) is 9.32. The van der Waals surface area contributed by atoms with Gasteiger partial charge in [0.15, 0.2) is 0 Å². The maximum Gasteiger partial charge on any atom is 0.141 e. The van der Waals surface area contributed by atoms with Crippen molar-refractivity contribution < 1.29 is 4.39 Å². The third-order valence-corrected chi connectivity index (χ3v) is 4.54. The monoisotopic (exact) mass is 352 g/mol. The van der Waals surface area contributed by atoms with Crippen LogP contribution in [0, 0.1) is 5.82 Å². The van der Waals surface area contributed by atoms with Gasteiger partial charge in [-0.3, -0.25) is 0 Å². The van der Waals surface area contributed by atoms with Crippen molar-refractivity contribution in [2.45, 2.75) is 0 Å². The molecule has 1 aliphatic heterocycles. The fourth-order valence-corrected chi connectivity index (χ4v) is 3.03. The number of nitrogens with zero attached hydrogens (tertiary/aromatic N) is 4. The van der Waals surface area contributed by atoms with Gasteiger partial charge in [0, 0.05) is 56.9 Å². The first-order chi connectivity index (χ1) is 12.6. The Labute approximate surface area is 154 Å². The van der Waals surface area contributed by atoms with Crippen LogP contribution in [0.5, 0.6) is 0 Å². The van der Waals surface area contributed by atoms with E-state index >= 15 is 0 Å². The van der Waals surface area contributed by atoms with Gasteiger partial charge >= 0.3 is 0 Å². The predicted octanol–water partition coefficient (Wildman–Crippen LogP) is 3.66. The first kappa shape index (κ1) is 18.1. The summed E-state index contributed by atoms with van der Waals surface area (Å²) in [5.41, 5.74) is 2.52. The Balaban J connectivity index is 0.000000236. The van der Waals surface area contributed by atoms with Gasteiger partial charge in [-0.25, -0.2) is 9.37 Å². The van der Waals surface area contributed by atoms with Crippen molar-refractivity contribution in [2.24, 2.45) is 7.05 Å². The molecule has 1 fully saturated rings. The molecule has 0 aliphatic carbocycles. The molecule has 2 aromatic carbocycles. The molecule has 26 heavy (non-hydrogen) atoms. The molecular formula is C21H25FN4. The smallest absolute Gasteiger partial charge is 0.141 e. The summed E-state index contributed by atoms with van der Waals surface area (Å²) < 4.78 is 14.0. The quantitative estimate of drug-likeness (QED) is 0.703. The van der Waals surface area contributed by atoms with Gasteiger partial charge in [0.05, 0.1) is 0 Å². The highest BCUT2D eigenvalue weighted by molar-refractivity contribution is 5.74. The van der Waals surface area contributed by atoms with Crippen LogP contribution >= 0.6 is 0 Å². The van der Waals surface area contributed by atoms with Gasteiger partial charge < -0.3 is 14.4 Å². The third kappa shape index (κ3) is 4.49. The molecule has 0 spiro atoms. The molecule has 0 radical (unpaired) electrons. The van der Waals surface area contributed by atoms with Crippen molar-refractivity contribution >= 4 is 5.69 Å². The third-order valence-electron chi connectivity index (χ3n) is 4.54. The second-order valence-corrected chi connectivity index (χ2v) is 6.46. The van der Waals surface area contributed by atoms with Gasteiger partial charge in [-0.2, -0.15) is 0 Å². The molecular weight excluding hydrogens is 327 g/mol. The topological polar surface area (TPSA) is 24.3 Å². The Kier molecular flexibility index (Phi) is 6.02. The van der Waals surface area contributed by atoms with Crippen LogP contribution in [0.3, 0.4) is 0 Å². The number of halogens is 1. The molecule has 2 heterocycles. The van der Waals surface area contributed by atoms with Crippen molar-refractivity contribution in [1.29, 1.82) is 0 Å². The van der Waals surface area contributed by atoms with E-state index in [1.807, 2.05) is 19.4 Å². The predicted molar refractivity (Wildman–Crippen MR) is 105 cm³/mol. The summed E-state index contributed by atoms with van der Waals surface area (Å²) in [5.74, 6) is 0.858. The van der Waals surface area contributed by atoms with Gasteiger partial charge in [-0.1, -0.05) is 30.3 Å². The first-order valence-electron chi connectivity index (χ1n) is 8.86. The highest BCUT2D eigenvalue weighted by Gasteiger charge is 2.18. The van der Waals surface area contributed by atoms with E-state index in [0.717, 1.165) is 32.0 Å². The average Bonchev–Trinajstić information content (AvgIpc) is 3.09. The number of hydrogen-bond donors (Lipinski definition) is 0. The number of imidazole rings is 1. The van der Waals surface area contributed by atoms with Crippen LogP contribution in [0.2, 0.25) is 0 Å². The Morgan fingerprint density at radius 2 is 1.50 bits per heavy atom. The highest BCUT2D eigenvalue weighted by Crippen LogP contribution is 2.29. The lowest BCUT2D eigenvalue weighted by Gasteiger charge is -2.35. The Hall–Kier alpha value is -2.66. The number of aromatic nitrogens is 2. The number of aryl methyl sites for hydroxylation is 1. The van der Waals surface area contributed by atoms with Gasteiger partial charge in [0.1, 0.15) is 11.6 Å². The fourth-order valence-electron chi connectivity index (χ4n) is 3.03. The van der Waals surface area contributed by atoms with Gasteiger partial charge in [-0.15, -0.1) is 0 Å². The molecule has 0 bridgehead atoms. The minimum atomic E-state index is -0.178. The number of hydrogen-bond acceptors (Lipinski definition) is 3. The first-order valence-corrected chi connectivity index (χ1v) is 8.86.